The van der Waals surface area contributed by atoms with Gasteiger partial charge in [0.15, 0.2) is 0 Å². The Morgan fingerprint density at radius 3 is 2.50 bits per heavy atom. The first-order valence-electron chi connectivity index (χ1n) is 5.82. The molecule has 0 fully saturated rings. The third-order valence-electron chi connectivity index (χ3n) is 2.66. The molecule has 0 saturated carbocycles. The van der Waals surface area contributed by atoms with E-state index in [9.17, 15) is 0 Å². The first-order chi connectivity index (χ1) is 8.36. The maximum atomic E-state index is 5.33. The van der Waals surface area contributed by atoms with Gasteiger partial charge >= 0.3 is 0 Å². The fraction of sp³-hybridized carbons (Fsp3) is 0.125. The zero-order chi connectivity index (χ0) is 11.9. The van der Waals surface area contributed by atoms with Crippen molar-refractivity contribution in [3.8, 4) is 0 Å². The zero-order valence-electron chi connectivity index (χ0n) is 10.1. The number of anilines is 1. The van der Waals surface area contributed by atoms with E-state index in [1.807, 2.05) is 18.2 Å². The Bertz CT molecular complexity index is 491. The van der Waals surface area contributed by atoms with Gasteiger partial charge in [0.1, 0.15) is 0 Å². The minimum atomic E-state index is 0. The molecule has 0 unspecified atom stereocenters. The molecule has 1 aliphatic carbocycles. The Kier molecular flexibility index (Phi) is 4.74. The van der Waals surface area contributed by atoms with Crippen molar-refractivity contribution in [2.24, 2.45) is 0 Å². The molecule has 2 N–H and O–H groups in total. The average Bonchev–Trinajstić information content (AvgIpc) is 2.41. The second-order valence-electron chi connectivity index (χ2n) is 3.98. The van der Waals surface area contributed by atoms with Gasteiger partial charge in [-0.2, -0.15) is 30.3 Å². The molecule has 2 aromatic carbocycles. The predicted octanol–water partition coefficient (Wildman–Crippen LogP) is 3.71. The monoisotopic (exact) mass is 465 g/mol. The normalized spacial score (nSPS) is 11.6. The summed E-state index contributed by atoms with van der Waals surface area (Å²) in [6, 6.07) is 18.7. The van der Waals surface area contributed by atoms with Crippen LogP contribution in [-0.4, -0.2) is 0 Å². The molecular formula is C16H16CmN-. The fourth-order valence-electron chi connectivity index (χ4n) is 1.78. The molecule has 0 spiro atoms. The number of benzene rings is 2. The van der Waals surface area contributed by atoms with E-state index in [0.717, 1.165) is 5.69 Å². The number of aryl methyl sites for hydroxylation is 1. The maximum absolute atomic E-state index is 5.33. The van der Waals surface area contributed by atoms with Crippen molar-refractivity contribution in [2.75, 3.05) is 5.73 Å². The van der Waals surface area contributed by atoms with Crippen LogP contribution in [-0.2, 0) is 6.42 Å². The van der Waals surface area contributed by atoms with E-state index < -0.39 is 0 Å². The van der Waals surface area contributed by atoms with Crippen LogP contribution in [0.5, 0.6) is 0 Å². The van der Waals surface area contributed by atoms with E-state index in [1.54, 1.807) is 6.07 Å². The molecule has 3 rings (SSSR count). The molecule has 1 aliphatic rings. The minimum Gasteiger partial charge on any atom is -0.449 e. The van der Waals surface area contributed by atoms with E-state index >= 15 is 0 Å². The van der Waals surface area contributed by atoms with E-state index in [0.29, 0.717) is 0 Å². The van der Waals surface area contributed by atoms with Crippen LogP contribution in [0.25, 0.3) is 6.08 Å². The van der Waals surface area contributed by atoms with E-state index in [-0.39, 0.29) is 0 Å². The van der Waals surface area contributed by atoms with Crippen LogP contribution >= 0.6 is 0 Å². The number of hydrogen-bond acceptors (Lipinski definition) is 1. The van der Waals surface area contributed by atoms with Crippen molar-refractivity contribution in [2.45, 2.75) is 12.8 Å². The van der Waals surface area contributed by atoms with Crippen molar-refractivity contribution in [3.63, 3.8) is 0 Å². The summed E-state index contributed by atoms with van der Waals surface area (Å²) >= 11 is 0. The van der Waals surface area contributed by atoms with Crippen molar-refractivity contribution < 1.29 is 0 Å². The first-order valence-corrected chi connectivity index (χ1v) is 5.82. The second-order valence-corrected chi connectivity index (χ2v) is 3.98. The molecule has 1 nitrogen and oxygen atoms in total. The third-order valence-corrected chi connectivity index (χ3v) is 2.66. The van der Waals surface area contributed by atoms with Crippen molar-refractivity contribution >= 4 is 11.8 Å². The maximum Gasteiger partial charge on any atom is 0 e. The van der Waals surface area contributed by atoms with Crippen LogP contribution < -0.4 is 5.73 Å². The van der Waals surface area contributed by atoms with Crippen LogP contribution in [0.4, 0.5) is 5.69 Å². The van der Waals surface area contributed by atoms with Gasteiger partial charge in [-0.25, -0.2) is 0 Å². The van der Waals surface area contributed by atoms with Gasteiger partial charge in [0.25, 0.3) is 0 Å². The number of rotatable bonds is 0. The Hall–Kier alpha value is -3.02. The largest absolute Gasteiger partial charge is 0.449 e. The summed E-state index contributed by atoms with van der Waals surface area (Å²) in [4.78, 5) is 0. The number of allylic oxidation sites excluding steroid dienone is 1. The zero-order valence-corrected chi connectivity index (χ0v) is 13.1. The Labute approximate surface area is 103 Å². The Balaban J connectivity index is 0.000000181. The van der Waals surface area contributed by atoms with Gasteiger partial charge in [0.2, 0.25) is 0 Å². The summed E-state index contributed by atoms with van der Waals surface area (Å²) in [7, 11) is 0. The van der Waals surface area contributed by atoms with E-state index in [2.05, 4.69) is 42.5 Å². The van der Waals surface area contributed by atoms with E-state index in [4.69, 9.17) is 5.73 Å². The second kappa shape index (κ2) is 6.54. The van der Waals surface area contributed by atoms with E-state index in [1.165, 1.54) is 24.0 Å². The first kappa shape index (κ1) is 13.0. The number of nitrogen functional groups attached to an aromatic ring is 1. The standard InChI is InChI=1S/C10H10.C6H6N.Cm/c1-2-6-10-8-4-3-7-9(10)5-1;7-6-4-2-1-3-5-6;/h1-3,5-7H,4,8H2;1-2,4-5H,7H2;/q;-1;. The summed E-state index contributed by atoms with van der Waals surface area (Å²) in [5, 5.41) is 0. The Morgan fingerprint density at radius 2 is 1.89 bits per heavy atom. The van der Waals surface area contributed by atoms with Crippen LogP contribution in [0, 0.1) is 6.07 Å². The molecule has 0 bridgehead atoms. The molecule has 0 aromatic heterocycles. The predicted molar refractivity (Wildman–Crippen MR) is 73.5 cm³/mol. The molecule has 18 heavy (non-hydrogen) atoms. The van der Waals surface area contributed by atoms with Crippen LogP contribution in [0.15, 0.2) is 54.6 Å². The molecule has 2 heteroatoms. The van der Waals surface area contributed by atoms with Gasteiger partial charge in [-0.15, -0.1) is 0 Å². The summed E-state index contributed by atoms with van der Waals surface area (Å²) in [5.41, 5.74) is 8.98. The molecule has 0 aliphatic heterocycles. The number of hydrogen-bond donors (Lipinski definition) is 1. The van der Waals surface area contributed by atoms with Crippen molar-refractivity contribution in [1.29, 1.82) is 0 Å². The third kappa shape index (κ3) is 3.53. The summed E-state index contributed by atoms with van der Waals surface area (Å²) in [5.74, 6) is 0. The van der Waals surface area contributed by atoms with Gasteiger partial charge in [0.05, 0.1) is 0 Å². The fourth-order valence-corrected chi connectivity index (χ4v) is 1.78. The van der Waals surface area contributed by atoms with Crippen LogP contribution in [0.3, 0.4) is 0 Å². The Morgan fingerprint density at radius 1 is 1.06 bits per heavy atom. The SMILES string of the molecule is C1=Cc2ccccc2CC1.Nc1c[c-]ccc1.[Cm]. The van der Waals surface area contributed by atoms with Gasteiger partial charge in [-0.3, -0.25) is 0 Å². The molecule has 0 radical (unpaired) electrons. The van der Waals surface area contributed by atoms with Crippen LogP contribution in [0.1, 0.15) is 17.5 Å². The van der Waals surface area contributed by atoms with Crippen molar-refractivity contribution in [1.82, 2.24) is 0 Å². The molecule has 0 heterocycles. The topological polar surface area (TPSA) is 26.0 Å². The quantitative estimate of drug-likeness (QED) is 0.462. The molecular weight excluding hydrogens is 453 g/mol. The van der Waals surface area contributed by atoms with Gasteiger partial charge < -0.3 is 5.73 Å². The number of fused-ring (bicyclic) bond motifs is 1. The smallest absolute Gasteiger partial charge is 0 e. The summed E-state index contributed by atoms with van der Waals surface area (Å²) < 4.78 is 0. The average molecular weight is 469 g/mol. The molecule has 2 aromatic rings. The molecule has 0 atom stereocenters. The molecule has 0 amide bonds. The molecule has 94 valence electrons. The van der Waals surface area contributed by atoms with Crippen LogP contribution in [0.2, 0.25) is 0 Å². The molecule has 0 saturated heterocycles. The van der Waals surface area contributed by atoms with Gasteiger partial charge in [0, 0.05) is 0 Å². The summed E-state index contributed by atoms with van der Waals surface area (Å²) in [6.45, 7) is 0. The van der Waals surface area contributed by atoms with Gasteiger partial charge in [-0.1, -0.05) is 42.1 Å². The summed E-state index contributed by atoms with van der Waals surface area (Å²) in [6.07, 6.45) is 6.87. The van der Waals surface area contributed by atoms with Crippen molar-refractivity contribution in [3.05, 3.63) is 71.8 Å². The number of nitrogens with two attached hydrogens (primary N) is 1. The minimum absolute atomic E-state index is 0. The van der Waals surface area contributed by atoms with Gasteiger partial charge in [-0.05, 0) is 24.0 Å².